The molecular weight excluding hydrogens is 256 g/mol. The minimum absolute atomic E-state index is 0.223. The molecule has 1 rings (SSSR count). The molecular formula is C12H13BrO2. The van der Waals surface area contributed by atoms with Gasteiger partial charge in [0.1, 0.15) is 0 Å². The van der Waals surface area contributed by atoms with E-state index in [1.165, 1.54) is 12.7 Å². The summed E-state index contributed by atoms with van der Waals surface area (Å²) >= 11 is 3.41. The van der Waals surface area contributed by atoms with Gasteiger partial charge in [-0.3, -0.25) is 4.79 Å². The van der Waals surface area contributed by atoms with Crippen LogP contribution < -0.4 is 0 Å². The van der Waals surface area contributed by atoms with Crippen molar-refractivity contribution in [1.29, 1.82) is 0 Å². The van der Waals surface area contributed by atoms with Crippen molar-refractivity contribution in [2.24, 2.45) is 0 Å². The van der Waals surface area contributed by atoms with Crippen LogP contribution in [0.1, 0.15) is 17.5 Å². The molecule has 0 aliphatic rings. The van der Waals surface area contributed by atoms with Gasteiger partial charge in [-0.05, 0) is 30.2 Å². The van der Waals surface area contributed by atoms with Crippen LogP contribution in [0, 0.1) is 6.92 Å². The van der Waals surface area contributed by atoms with Crippen LogP contribution in [0.15, 0.2) is 28.7 Å². The van der Waals surface area contributed by atoms with Crippen molar-refractivity contribution >= 4 is 28.0 Å². The van der Waals surface area contributed by atoms with Gasteiger partial charge in [-0.15, -0.1) is 0 Å². The van der Waals surface area contributed by atoms with Gasteiger partial charge >= 0.3 is 5.97 Å². The second kappa shape index (κ2) is 5.71. The summed E-state index contributed by atoms with van der Waals surface area (Å²) in [5, 5.41) is 0. The van der Waals surface area contributed by atoms with Gasteiger partial charge in [-0.2, -0.15) is 0 Å². The summed E-state index contributed by atoms with van der Waals surface area (Å²) in [6.07, 6.45) is 4.04. The smallest absolute Gasteiger partial charge is 0.309 e. The van der Waals surface area contributed by atoms with Crippen LogP contribution in [0.2, 0.25) is 0 Å². The van der Waals surface area contributed by atoms with E-state index in [2.05, 4.69) is 20.7 Å². The summed E-state index contributed by atoms with van der Waals surface area (Å²) in [7, 11) is 1.39. The number of methoxy groups -OCH3 is 1. The first-order chi connectivity index (χ1) is 7.13. The van der Waals surface area contributed by atoms with Crippen molar-refractivity contribution in [2.75, 3.05) is 7.11 Å². The molecule has 0 radical (unpaired) electrons. The largest absolute Gasteiger partial charge is 0.469 e. The number of carbonyl (C=O) groups excluding carboxylic acids is 1. The normalized spacial score (nSPS) is 10.6. The zero-order valence-electron chi connectivity index (χ0n) is 8.79. The molecule has 80 valence electrons. The highest BCUT2D eigenvalue weighted by Gasteiger charge is 1.97. The summed E-state index contributed by atoms with van der Waals surface area (Å²) in [6.45, 7) is 2.03. The number of hydrogen-bond donors (Lipinski definition) is 0. The van der Waals surface area contributed by atoms with Crippen LogP contribution in [-0.2, 0) is 9.53 Å². The molecule has 0 N–H and O–H groups in total. The molecule has 3 heteroatoms. The van der Waals surface area contributed by atoms with Gasteiger partial charge in [0.05, 0.1) is 13.5 Å². The second-order valence-electron chi connectivity index (χ2n) is 3.18. The number of rotatable bonds is 3. The number of hydrogen-bond acceptors (Lipinski definition) is 2. The first-order valence-electron chi connectivity index (χ1n) is 4.63. The highest BCUT2D eigenvalue weighted by Crippen LogP contribution is 2.17. The number of carbonyl (C=O) groups is 1. The maximum Gasteiger partial charge on any atom is 0.309 e. The SMILES string of the molecule is COC(=O)CC=Cc1cc(Br)ccc1C. The predicted octanol–water partition coefficient (Wildman–Crippen LogP) is 3.33. The van der Waals surface area contributed by atoms with E-state index in [9.17, 15) is 4.79 Å². The monoisotopic (exact) mass is 268 g/mol. The minimum Gasteiger partial charge on any atom is -0.469 e. The molecule has 0 unspecified atom stereocenters. The van der Waals surface area contributed by atoms with Crippen LogP contribution in [0.5, 0.6) is 0 Å². The second-order valence-corrected chi connectivity index (χ2v) is 4.10. The molecule has 0 spiro atoms. The van der Waals surface area contributed by atoms with Crippen molar-refractivity contribution in [3.05, 3.63) is 39.9 Å². The maximum atomic E-state index is 10.9. The number of ether oxygens (including phenoxy) is 1. The molecule has 1 aromatic rings. The van der Waals surface area contributed by atoms with Crippen molar-refractivity contribution in [3.8, 4) is 0 Å². The van der Waals surface area contributed by atoms with Crippen molar-refractivity contribution in [3.63, 3.8) is 0 Å². The number of aryl methyl sites for hydroxylation is 1. The quantitative estimate of drug-likeness (QED) is 0.787. The zero-order valence-corrected chi connectivity index (χ0v) is 10.4. The Kier molecular flexibility index (Phi) is 4.56. The van der Waals surface area contributed by atoms with Crippen molar-refractivity contribution in [2.45, 2.75) is 13.3 Å². The van der Waals surface area contributed by atoms with E-state index in [-0.39, 0.29) is 5.97 Å². The molecule has 0 aliphatic heterocycles. The average Bonchev–Trinajstić information content (AvgIpc) is 2.23. The fourth-order valence-corrected chi connectivity index (χ4v) is 1.54. The molecule has 15 heavy (non-hydrogen) atoms. The Morgan fingerprint density at radius 1 is 1.53 bits per heavy atom. The highest BCUT2D eigenvalue weighted by atomic mass is 79.9. The first-order valence-corrected chi connectivity index (χ1v) is 5.42. The zero-order chi connectivity index (χ0) is 11.3. The van der Waals surface area contributed by atoms with E-state index < -0.39 is 0 Å². The highest BCUT2D eigenvalue weighted by molar-refractivity contribution is 9.10. The Balaban J connectivity index is 2.71. The molecule has 0 fully saturated rings. The molecule has 0 saturated heterocycles. The van der Waals surface area contributed by atoms with Gasteiger partial charge in [0.2, 0.25) is 0 Å². The molecule has 0 aromatic heterocycles. The molecule has 2 nitrogen and oxygen atoms in total. The van der Waals surface area contributed by atoms with Gasteiger partial charge in [-0.1, -0.05) is 34.1 Å². The van der Waals surface area contributed by atoms with Crippen molar-refractivity contribution < 1.29 is 9.53 Å². The van der Waals surface area contributed by atoms with Gasteiger partial charge in [0, 0.05) is 4.47 Å². The van der Waals surface area contributed by atoms with Crippen LogP contribution in [0.3, 0.4) is 0 Å². The summed E-state index contributed by atoms with van der Waals surface area (Å²) < 4.78 is 5.58. The van der Waals surface area contributed by atoms with Gasteiger partial charge in [-0.25, -0.2) is 0 Å². The topological polar surface area (TPSA) is 26.3 Å². The molecule has 0 aliphatic carbocycles. The van der Waals surface area contributed by atoms with E-state index in [0.717, 1.165) is 10.0 Å². The maximum absolute atomic E-state index is 10.9. The third-order valence-electron chi connectivity index (χ3n) is 2.05. The van der Waals surface area contributed by atoms with Gasteiger partial charge < -0.3 is 4.74 Å². The summed E-state index contributed by atoms with van der Waals surface area (Å²) in [5.74, 6) is -0.223. The van der Waals surface area contributed by atoms with Crippen molar-refractivity contribution in [1.82, 2.24) is 0 Å². The molecule has 0 amide bonds. The predicted molar refractivity (Wildman–Crippen MR) is 64.5 cm³/mol. The van der Waals surface area contributed by atoms with Crippen LogP contribution >= 0.6 is 15.9 Å². The standard InChI is InChI=1S/C12H13BrO2/c1-9-6-7-11(13)8-10(9)4-3-5-12(14)15-2/h3-4,6-8H,5H2,1-2H3. The van der Waals surface area contributed by atoms with E-state index in [0.29, 0.717) is 6.42 Å². The fraction of sp³-hybridized carbons (Fsp3) is 0.250. The lowest BCUT2D eigenvalue weighted by Crippen LogP contribution is -1.96. The first kappa shape index (κ1) is 12.0. The lowest BCUT2D eigenvalue weighted by molar-refractivity contribution is -0.139. The van der Waals surface area contributed by atoms with E-state index in [1.807, 2.05) is 31.2 Å². The Hall–Kier alpha value is -1.09. The molecule has 0 atom stereocenters. The fourth-order valence-electron chi connectivity index (χ4n) is 1.16. The van der Waals surface area contributed by atoms with Crippen LogP contribution in [0.4, 0.5) is 0 Å². The summed E-state index contributed by atoms with van der Waals surface area (Å²) in [6, 6.07) is 6.04. The summed E-state index contributed by atoms with van der Waals surface area (Å²) in [5.41, 5.74) is 2.28. The van der Waals surface area contributed by atoms with E-state index in [1.54, 1.807) is 6.08 Å². The molecule has 1 aromatic carbocycles. The minimum atomic E-state index is -0.223. The van der Waals surface area contributed by atoms with E-state index in [4.69, 9.17) is 0 Å². The average molecular weight is 269 g/mol. The lowest BCUT2D eigenvalue weighted by Gasteiger charge is -2.00. The van der Waals surface area contributed by atoms with Crippen LogP contribution in [-0.4, -0.2) is 13.1 Å². The molecule has 0 bridgehead atoms. The Morgan fingerprint density at radius 3 is 2.93 bits per heavy atom. The third-order valence-corrected chi connectivity index (χ3v) is 2.54. The van der Waals surface area contributed by atoms with Crippen LogP contribution in [0.25, 0.3) is 6.08 Å². The number of halogens is 1. The number of esters is 1. The van der Waals surface area contributed by atoms with Gasteiger partial charge in [0.25, 0.3) is 0 Å². The van der Waals surface area contributed by atoms with Gasteiger partial charge in [0.15, 0.2) is 0 Å². The third kappa shape index (κ3) is 3.88. The Labute approximate surface area is 98.1 Å². The Morgan fingerprint density at radius 2 is 2.27 bits per heavy atom. The molecule has 0 heterocycles. The Bertz CT molecular complexity index is 383. The van der Waals surface area contributed by atoms with E-state index >= 15 is 0 Å². The number of benzene rings is 1. The summed E-state index contributed by atoms with van der Waals surface area (Å²) in [4.78, 5) is 10.9. The molecule has 0 saturated carbocycles. The lowest BCUT2D eigenvalue weighted by atomic mass is 10.1.